The number of amides is 3. The predicted octanol–water partition coefficient (Wildman–Crippen LogP) is 2.94. The fourth-order valence-electron chi connectivity index (χ4n) is 4.47. The number of nitrogens with one attached hydrogen (secondary N) is 1. The zero-order valence-electron chi connectivity index (χ0n) is 20.2. The van der Waals surface area contributed by atoms with E-state index < -0.39 is 29.7 Å². The summed E-state index contributed by atoms with van der Waals surface area (Å²) in [5.41, 5.74) is 1.04. The summed E-state index contributed by atoms with van der Waals surface area (Å²) in [7, 11) is 1.55. The average Bonchev–Trinajstić information content (AvgIpc) is 2.87. The van der Waals surface area contributed by atoms with E-state index in [1.54, 1.807) is 31.0 Å². The van der Waals surface area contributed by atoms with Crippen molar-refractivity contribution in [1.82, 2.24) is 20.0 Å². The van der Waals surface area contributed by atoms with Crippen molar-refractivity contribution >= 4 is 17.9 Å². The summed E-state index contributed by atoms with van der Waals surface area (Å²) in [4.78, 5) is 43.6. The number of urea groups is 1. The molecule has 1 saturated heterocycles. The van der Waals surface area contributed by atoms with Gasteiger partial charge in [-0.15, -0.1) is 0 Å². The molecule has 0 saturated carbocycles. The Balaban J connectivity index is 1.57. The molecule has 0 bridgehead atoms. The lowest BCUT2D eigenvalue weighted by Gasteiger charge is -2.39. The van der Waals surface area contributed by atoms with Gasteiger partial charge in [0.05, 0.1) is 18.2 Å². The van der Waals surface area contributed by atoms with Gasteiger partial charge in [0, 0.05) is 56.6 Å². The van der Waals surface area contributed by atoms with Crippen LogP contribution in [0.4, 0.5) is 13.6 Å². The van der Waals surface area contributed by atoms with Crippen molar-refractivity contribution in [3.63, 3.8) is 0 Å². The van der Waals surface area contributed by atoms with E-state index in [1.807, 2.05) is 4.90 Å². The van der Waals surface area contributed by atoms with E-state index >= 15 is 0 Å². The van der Waals surface area contributed by atoms with Crippen LogP contribution in [0.1, 0.15) is 28.9 Å². The molecule has 8 nitrogen and oxygen atoms in total. The van der Waals surface area contributed by atoms with Gasteiger partial charge in [-0.1, -0.05) is 24.3 Å². The Morgan fingerprint density at radius 2 is 1.78 bits per heavy atom. The van der Waals surface area contributed by atoms with Crippen molar-refractivity contribution in [3.8, 4) is 0 Å². The second kappa shape index (κ2) is 10.9. The van der Waals surface area contributed by atoms with Crippen LogP contribution in [-0.4, -0.2) is 79.0 Å². The molecule has 2 aliphatic rings. The predicted molar refractivity (Wildman–Crippen MR) is 128 cm³/mol. The summed E-state index contributed by atoms with van der Waals surface area (Å²) in [6.07, 6.45) is 0. The molecule has 1 atom stereocenters. The minimum absolute atomic E-state index is 0.123. The van der Waals surface area contributed by atoms with Crippen LogP contribution in [0.2, 0.25) is 0 Å². The molecule has 1 unspecified atom stereocenters. The van der Waals surface area contributed by atoms with Gasteiger partial charge in [0.2, 0.25) is 0 Å². The molecular weight excluding hydrogens is 470 g/mol. The molecule has 2 aromatic rings. The van der Waals surface area contributed by atoms with Gasteiger partial charge in [-0.3, -0.25) is 14.6 Å². The van der Waals surface area contributed by atoms with E-state index in [4.69, 9.17) is 4.74 Å². The van der Waals surface area contributed by atoms with Crippen LogP contribution in [0.15, 0.2) is 59.8 Å². The van der Waals surface area contributed by atoms with Crippen molar-refractivity contribution in [2.24, 2.45) is 0 Å². The topological polar surface area (TPSA) is 82.2 Å². The zero-order valence-corrected chi connectivity index (χ0v) is 20.2. The van der Waals surface area contributed by atoms with Crippen LogP contribution in [0, 0.1) is 11.6 Å². The Bertz CT molecular complexity index is 1190. The minimum Gasteiger partial charge on any atom is -0.463 e. The maximum absolute atomic E-state index is 14.7. The molecule has 36 heavy (non-hydrogen) atoms. The maximum Gasteiger partial charge on any atom is 0.338 e. The van der Waals surface area contributed by atoms with E-state index in [0.717, 1.165) is 0 Å². The molecular formula is C26H28F2N4O4. The number of rotatable bonds is 6. The first kappa shape index (κ1) is 25.3. The highest BCUT2D eigenvalue weighted by atomic mass is 19.1. The Morgan fingerprint density at radius 1 is 1.06 bits per heavy atom. The highest BCUT2D eigenvalue weighted by molar-refractivity contribution is 5.95. The normalized spacial score (nSPS) is 18.8. The number of hydrogen-bond donors (Lipinski definition) is 1. The smallest absolute Gasteiger partial charge is 0.338 e. The van der Waals surface area contributed by atoms with Gasteiger partial charge in [0.1, 0.15) is 11.6 Å². The fourth-order valence-corrected chi connectivity index (χ4v) is 4.47. The molecule has 2 aromatic carbocycles. The number of likely N-dealkylation sites (N-methyl/N-ethyl adjacent to an activating group) is 1. The highest BCUT2D eigenvalue weighted by Gasteiger charge is 2.38. The van der Waals surface area contributed by atoms with Gasteiger partial charge in [-0.05, 0) is 31.2 Å². The van der Waals surface area contributed by atoms with Crippen molar-refractivity contribution in [3.05, 3.63) is 82.6 Å². The second-order valence-electron chi connectivity index (χ2n) is 8.62. The molecule has 0 spiro atoms. The monoisotopic (exact) mass is 498 g/mol. The van der Waals surface area contributed by atoms with Gasteiger partial charge >= 0.3 is 12.0 Å². The number of carbonyl (C=O) groups is 3. The van der Waals surface area contributed by atoms with Crippen LogP contribution in [-0.2, 0) is 9.53 Å². The summed E-state index contributed by atoms with van der Waals surface area (Å²) in [5.74, 6) is -1.90. The summed E-state index contributed by atoms with van der Waals surface area (Å²) in [6, 6.07) is 10.1. The van der Waals surface area contributed by atoms with E-state index in [9.17, 15) is 23.2 Å². The quantitative estimate of drug-likeness (QED) is 0.620. The number of carbonyl (C=O) groups excluding carboxylic acids is 3. The number of piperazine rings is 1. The Hall–Kier alpha value is -3.79. The van der Waals surface area contributed by atoms with Gasteiger partial charge in [-0.25, -0.2) is 18.4 Å². The standard InChI is InChI=1S/C26H28F2N4O4/c1-3-36-25(34)22-21(30(2)26(35)29-23(22)19-9-4-5-10-20(19)28)16-31-11-13-32(14-12-31)24(33)17-7-6-8-18(27)15-17/h4-10,15,23H,3,11-14,16H2,1-2H3,(H,29,35). The van der Waals surface area contributed by atoms with Crippen LogP contribution in [0.3, 0.4) is 0 Å². The maximum atomic E-state index is 14.7. The molecule has 2 heterocycles. The molecule has 1 N–H and O–H groups in total. The summed E-state index contributed by atoms with van der Waals surface area (Å²) >= 11 is 0. The Morgan fingerprint density at radius 3 is 2.44 bits per heavy atom. The molecule has 4 rings (SSSR count). The molecule has 2 aliphatic heterocycles. The second-order valence-corrected chi connectivity index (χ2v) is 8.62. The first-order chi connectivity index (χ1) is 17.3. The lowest BCUT2D eigenvalue weighted by molar-refractivity contribution is -0.139. The largest absolute Gasteiger partial charge is 0.463 e. The Labute approximate surface area is 208 Å². The van der Waals surface area contributed by atoms with E-state index in [2.05, 4.69) is 5.32 Å². The van der Waals surface area contributed by atoms with Gasteiger partial charge < -0.3 is 15.0 Å². The Kier molecular flexibility index (Phi) is 7.64. The summed E-state index contributed by atoms with van der Waals surface area (Å²) in [5, 5.41) is 2.71. The third kappa shape index (κ3) is 5.23. The SMILES string of the molecule is CCOC(=O)C1=C(CN2CCN(C(=O)c3cccc(F)c3)CC2)N(C)C(=O)NC1c1ccccc1F. The van der Waals surface area contributed by atoms with Crippen LogP contribution < -0.4 is 5.32 Å². The summed E-state index contributed by atoms with van der Waals surface area (Å²) in [6.45, 7) is 3.76. The van der Waals surface area contributed by atoms with Crippen LogP contribution in [0.25, 0.3) is 0 Å². The number of ether oxygens (including phenoxy) is 1. The van der Waals surface area contributed by atoms with Crippen molar-refractivity contribution in [2.75, 3.05) is 46.4 Å². The van der Waals surface area contributed by atoms with E-state index in [0.29, 0.717) is 31.9 Å². The number of halogens is 2. The minimum atomic E-state index is -1.00. The number of nitrogens with zero attached hydrogens (tertiary/aromatic N) is 3. The van der Waals surface area contributed by atoms with Crippen molar-refractivity contribution in [2.45, 2.75) is 13.0 Å². The van der Waals surface area contributed by atoms with Crippen molar-refractivity contribution < 1.29 is 27.9 Å². The fraction of sp³-hybridized carbons (Fsp3) is 0.346. The third-order valence-electron chi connectivity index (χ3n) is 6.39. The van der Waals surface area contributed by atoms with Crippen molar-refractivity contribution in [1.29, 1.82) is 0 Å². The number of esters is 1. The van der Waals surface area contributed by atoms with E-state index in [1.165, 1.54) is 41.3 Å². The number of benzene rings is 2. The number of hydrogen-bond acceptors (Lipinski definition) is 5. The summed E-state index contributed by atoms with van der Waals surface area (Å²) < 4.78 is 33.5. The molecule has 0 aromatic heterocycles. The van der Waals surface area contributed by atoms with Crippen LogP contribution in [0.5, 0.6) is 0 Å². The highest BCUT2D eigenvalue weighted by Crippen LogP contribution is 2.32. The molecule has 0 aliphatic carbocycles. The first-order valence-corrected chi connectivity index (χ1v) is 11.8. The molecule has 190 valence electrons. The molecule has 1 fully saturated rings. The lowest BCUT2D eigenvalue weighted by atomic mass is 9.94. The molecule has 0 radical (unpaired) electrons. The third-order valence-corrected chi connectivity index (χ3v) is 6.39. The average molecular weight is 499 g/mol. The van der Waals surface area contributed by atoms with Gasteiger partial charge in [0.25, 0.3) is 5.91 Å². The first-order valence-electron chi connectivity index (χ1n) is 11.8. The van der Waals surface area contributed by atoms with Gasteiger partial charge in [0.15, 0.2) is 0 Å². The zero-order chi connectivity index (χ0) is 25.8. The molecule has 10 heteroatoms. The lowest BCUT2D eigenvalue weighted by Crippen LogP contribution is -2.53. The van der Waals surface area contributed by atoms with Crippen LogP contribution >= 0.6 is 0 Å². The molecule has 3 amide bonds. The van der Waals surface area contributed by atoms with Gasteiger partial charge in [-0.2, -0.15) is 0 Å². The van der Waals surface area contributed by atoms with E-state index in [-0.39, 0.29) is 35.8 Å².